The zero-order valence-electron chi connectivity index (χ0n) is 15.3. The van der Waals surface area contributed by atoms with Crippen molar-refractivity contribution in [2.24, 2.45) is 4.99 Å². The number of methoxy groups -OCH3 is 1. The number of guanidine groups is 1. The van der Waals surface area contributed by atoms with E-state index in [-0.39, 0.29) is 24.3 Å². The molecule has 1 aliphatic rings. The fraction of sp³-hybridized carbons (Fsp3) is 0.500. The van der Waals surface area contributed by atoms with E-state index in [2.05, 4.69) is 26.3 Å². The summed E-state index contributed by atoms with van der Waals surface area (Å²) in [4.78, 5) is 27.9. The van der Waals surface area contributed by atoms with Crippen molar-refractivity contribution in [3.8, 4) is 0 Å². The lowest BCUT2D eigenvalue weighted by atomic mass is 9.90. The highest BCUT2D eigenvalue weighted by Crippen LogP contribution is 2.31. The lowest BCUT2D eigenvalue weighted by Gasteiger charge is -2.26. The Hall–Kier alpha value is -2.61. The first-order chi connectivity index (χ1) is 12.6. The van der Waals surface area contributed by atoms with Crippen LogP contribution in [-0.4, -0.2) is 57.7 Å². The van der Waals surface area contributed by atoms with E-state index in [9.17, 15) is 9.59 Å². The van der Waals surface area contributed by atoms with Crippen LogP contribution in [0.1, 0.15) is 24.8 Å². The number of fused-ring (bicyclic) bond motifs is 1. The zero-order chi connectivity index (χ0) is 18.8. The van der Waals surface area contributed by atoms with Crippen LogP contribution in [0, 0.1) is 0 Å². The molecule has 0 bridgehead atoms. The largest absolute Gasteiger partial charge is 0.383 e. The first-order valence-corrected chi connectivity index (χ1v) is 8.80. The molecular weight excluding hydrogens is 334 g/mol. The second-order valence-electron chi connectivity index (χ2n) is 5.96. The van der Waals surface area contributed by atoms with Crippen molar-refractivity contribution in [3.05, 3.63) is 29.8 Å². The molecule has 0 spiro atoms. The van der Waals surface area contributed by atoms with Crippen LogP contribution in [0.3, 0.4) is 0 Å². The van der Waals surface area contributed by atoms with E-state index in [4.69, 9.17) is 4.74 Å². The fourth-order valence-corrected chi connectivity index (χ4v) is 2.74. The Balaban J connectivity index is 1.92. The summed E-state index contributed by atoms with van der Waals surface area (Å²) in [7, 11) is 1.58. The number of amides is 2. The monoisotopic (exact) mass is 361 g/mol. The number of hydrogen-bond donors (Lipinski definition) is 4. The molecule has 0 aliphatic carbocycles. The number of benzene rings is 1. The number of para-hydroxylation sites is 1. The van der Waals surface area contributed by atoms with Gasteiger partial charge in [0.1, 0.15) is 6.54 Å². The Morgan fingerprint density at radius 3 is 2.88 bits per heavy atom. The molecule has 0 aromatic heterocycles. The second-order valence-corrected chi connectivity index (χ2v) is 5.96. The molecule has 2 rings (SSSR count). The predicted octanol–water partition coefficient (Wildman–Crippen LogP) is 0.430. The summed E-state index contributed by atoms with van der Waals surface area (Å²) in [5.74, 6) is 0.453. The van der Waals surface area contributed by atoms with Gasteiger partial charge in [0.05, 0.1) is 6.61 Å². The van der Waals surface area contributed by atoms with E-state index in [1.165, 1.54) is 0 Å². The third kappa shape index (κ3) is 6.03. The molecule has 0 saturated carbocycles. The van der Waals surface area contributed by atoms with E-state index in [0.29, 0.717) is 38.6 Å². The molecule has 26 heavy (non-hydrogen) atoms. The van der Waals surface area contributed by atoms with Crippen LogP contribution in [0.15, 0.2) is 29.3 Å². The molecule has 2 amide bonds. The van der Waals surface area contributed by atoms with Crippen LogP contribution < -0.4 is 21.3 Å². The Labute approximate surface area is 153 Å². The number of ether oxygens (including phenoxy) is 1. The highest BCUT2D eigenvalue weighted by Gasteiger charge is 2.24. The summed E-state index contributed by atoms with van der Waals surface area (Å²) in [5, 5.41) is 12.0. The van der Waals surface area contributed by atoms with Crippen molar-refractivity contribution in [3.63, 3.8) is 0 Å². The van der Waals surface area contributed by atoms with Crippen LogP contribution in [0.4, 0.5) is 5.69 Å². The normalized spacial score (nSPS) is 16.5. The Morgan fingerprint density at radius 1 is 1.31 bits per heavy atom. The lowest BCUT2D eigenvalue weighted by molar-refractivity contribution is -0.120. The summed E-state index contributed by atoms with van der Waals surface area (Å²) in [5.41, 5.74) is 1.96. The first kappa shape index (κ1) is 19.7. The lowest BCUT2D eigenvalue weighted by Crippen LogP contribution is -2.41. The molecule has 8 nitrogen and oxygen atoms in total. The zero-order valence-corrected chi connectivity index (χ0v) is 15.3. The molecule has 1 aromatic carbocycles. The van der Waals surface area contributed by atoms with E-state index < -0.39 is 0 Å². The van der Waals surface area contributed by atoms with Gasteiger partial charge in [-0.2, -0.15) is 0 Å². The number of anilines is 1. The molecule has 0 radical (unpaired) electrons. The van der Waals surface area contributed by atoms with Crippen LogP contribution in [0.25, 0.3) is 0 Å². The Morgan fingerprint density at radius 2 is 2.12 bits per heavy atom. The number of carbonyl (C=O) groups excluding carboxylic acids is 2. The average molecular weight is 361 g/mol. The Bertz CT molecular complexity index is 647. The summed E-state index contributed by atoms with van der Waals surface area (Å²) in [6.07, 6.45) is 0.418. The highest BCUT2D eigenvalue weighted by atomic mass is 16.5. The van der Waals surface area contributed by atoms with Gasteiger partial charge in [0.15, 0.2) is 5.96 Å². The van der Waals surface area contributed by atoms with Crippen LogP contribution in [0.2, 0.25) is 0 Å². The second kappa shape index (κ2) is 10.4. The van der Waals surface area contributed by atoms with Crippen LogP contribution in [0.5, 0.6) is 0 Å². The van der Waals surface area contributed by atoms with Crippen LogP contribution >= 0.6 is 0 Å². The van der Waals surface area contributed by atoms with Crippen molar-refractivity contribution in [2.75, 3.05) is 45.2 Å². The average Bonchev–Trinajstić information content (AvgIpc) is 2.63. The van der Waals surface area contributed by atoms with Crippen molar-refractivity contribution in [1.82, 2.24) is 16.0 Å². The summed E-state index contributed by atoms with van der Waals surface area (Å²) < 4.78 is 4.89. The smallest absolute Gasteiger partial charge is 0.241 e. The molecule has 1 unspecified atom stereocenters. The van der Waals surface area contributed by atoms with Gasteiger partial charge in [-0.05, 0) is 18.6 Å². The maximum atomic E-state index is 11.9. The summed E-state index contributed by atoms with van der Waals surface area (Å²) in [6, 6.07) is 7.80. The standard InChI is InChI=1S/C18H27N5O3/c1-3-19-18(22-12-17(25)20-8-9-26-2)21-11-13-10-16(24)23-15-7-5-4-6-14(13)15/h4-7,13H,3,8-12H2,1-2H3,(H,20,25)(H,23,24)(H2,19,21,22). The van der Waals surface area contributed by atoms with Gasteiger partial charge in [0.2, 0.25) is 11.8 Å². The molecular formula is C18H27N5O3. The van der Waals surface area contributed by atoms with Gasteiger partial charge < -0.3 is 26.0 Å². The number of nitrogens with zero attached hydrogens (tertiary/aromatic N) is 1. The molecule has 1 aromatic rings. The Kier molecular flexibility index (Phi) is 7.88. The van der Waals surface area contributed by atoms with Gasteiger partial charge in [-0.3, -0.25) is 9.59 Å². The van der Waals surface area contributed by atoms with Crippen molar-refractivity contribution >= 4 is 23.5 Å². The minimum absolute atomic E-state index is 0.00922. The molecule has 1 atom stereocenters. The van der Waals surface area contributed by atoms with Gasteiger partial charge in [-0.25, -0.2) is 4.99 Å². The van der Waals surface area contributed by atoms with E-state index in [1.54, 1.807) is 7.11 Å². The number of carbonyl (C=O) groups is 2. The summed E-state index contributed by atoms with van der Waals surface area (Å²) in [6.45, 7) is 4.15. The first-order valence-electron chi connectivity index (χ1n) is 8.80. The number of rotatable bonds is 8. The summed E-state index contributed by atoms with van der Waals surface area (Å²) >= 11 is 0. The van der Waals surface area contributed by atoms with Crippen molar-refractivity contribution in [1.29, 1.82) is 0 Å². The maximum absolute atomic E-state index is 11.9. The van der Waals surface area contributed by atoms with Gasteiger partial charge in [0, 0.05) is 44.8 Å². The predicted molar refractivity (Wildman–Crippen MR) is 101 cm³/mol. The fourth-order valence-electron chi connectivity index (χ4n) is 2.74. The van der Waals surface area contributed by atoms with Gasteiger partial charge in [-0.15, -0.1) is 0 Å². The third-order valence-electron chi connectivity index (χ3n) is 3.98. The van der Waals surface area contributed by atoms with Crippen molar-refractivity contribution < 1.29 is 14.3 Å². The molecule has 4 N–H and O–H groups in total. The quantitative estimate of drug-likeness (QED) is 0.305. The maximum Gasteiger partial charge on any atom is 0.241 e. The van der Waals surface area contributed by atoms with Crippen LogP contribution in [-0.2, 0) is 14.3 Å². The number of hydrogen-bond acceptors (Lipinski definition) is 4. The molecule has 0 fully saturated rings. The van der Waals surface area contributed by atoms with Gasteiger partial charge in [-0.1, -0.05) is 18.2 Å². The minimum atomic E-state index is -0.165. The molecule has 142 valence electrons. The number of aliphatic imine (C=N–C) groups is 1. The number of nitrogens with one attached hydrogen (secondary N) is 4. The van der Waals surface area contributed by atoms with Gasteiger partial charge in [0.25, 0.3) is 0 Å². The molecule has 1 aliphatic heterocycles. The van der Waals surface area contributed by atoms with E-state index in [0.717, 1.165) is 11.3 Å². The van der Waals surface area contributed by atoms with Gasteiger partial charge >= 0.3 is 0 Å². The molecule has 8 heteroatoms. The van der Waals surface area contributed by atoms with Crippen molar-refractivity contribution in [2.45, 2.75) is 19.3 Å². The van der Waals surface area contributed by atoms with E-state index in [1.807, 2.05) is 31.2 Å². The third-order valence-corrected chi connectivity index (χ3v) is 3.98. The molecule has 0 saturated heterocycles. The SMILES string of the molecule is CCNC(=NCC(=O)NCCOC)NCC1CC(=O)Nc2ccccc21. The van der Waals surface area contributed by atoms with E-state index >= 15 is 0 Å². The molecule has 1 heterocycles. The highest BCUT2D eigenvalue weighted by molar-refractivity contribution is 5.94. The minimum Gasteiger partial charge on any atom is -0.383 e. The topological polar surface area (TPSA) is 104 Å².